The molecule has 0 radical (unpaired) electrons. The number of benzene rings is 2. The van der Waals surface area contributed by atoms with E-state index in [1.165, 1.54) is 6.92 Å². The average Bonchev–Trinajstić information content (AvgIpc) is 2.58. The minimum absolute atomic E-state index is 0.142. The monoisotopic (exact) mass is 361 g/mol. The predicted octanol–water partition coefficient (Wildman–Crippen LogP) is 3.95. The first-order chi connectivity index (χ1) is 12.3. The molecule has 0 aromatic heterocycles. The maximum atomic E-state index is 13.7. The zero-order valence-corrected chi connectivity index (χ0v) is 15.0. The van der Waals surface area contributed by atoms with Gasteiger partial charge in [-0.2, -0.15) is 0 Å². The standard InChI is InChI=1S/C20H21F2NO3/c1-13-5-6-18-17(9-13)23(7-4-8-25-3)19(24)20(2,26-18)14-10-15(21)12-16(22)11-14/h5-6,9-12H,4,7-8H2,1-3H3. The number of anilines is 1. The van der Waals surface area contributed by atoms with Crippen LogP contribution < -0.4 is 9.64 Å². The highest BCUT2D eigenvalue weighted by molar-refractivity contribution is 6.03. The number of fused-ring (bicyclic) bond motifs is 1. The van der Waals surface area contributed by atoms with Crippen molar-refractivity contribution in [3.63, 3.8) is 0 Å². The van der Waals surface area contributed by atoms with Gasteiger partial charge in [-0.3, -0.25) is 4.79 Å². The lowest BCUT2D eigenvalue weighted by Crippen LogP contribution is -2.52. The first kappa shape index (κ1) is 18.3. The first-order valence-corrected chi connectivity index (χ1v) is 8.42. The zero-order chi connectivity index (χ0) is 18.9. The lowest BCUT2D eigenvalue weighted by atomic mass is 9.91. The Morgan fingerprint density at radius 2 is 1.85 bits per heavy atom. The van der Waals surface area contributed by atoms with E-state index in [1.807, 2.05) is 19.1 Å². The lowest BCUT2D eigenvalue weighted by molar-refractivity contribution is -0.135. The summed E-state index contributed by atoms with van der Waals surface area (Å²) in [5.74, 6) is -1.37. The van der Waals surface area contributed by atoms with E-state index in [0.717, 1.165) is 23.8 Å². The van der Waals surface area contributed by atoms with Crippen LogP contribution >= 0.6 is 0 Å². The number of nitrogens with zero attached hydrogens (tertiary/aromatic N) is 1. The van der Waals surface area contributed by atoms with E-state index >= 15 is 0 Å². The summed E-state index contributed by atoms with van der Waals surface area (Å²) in [4.78, 5) is 14.9. The molecule has 2 aromatic carbocycles. The molecule has 0 N–H and O–H groups in total. The van der Waals surface area contributed by atoms with Gasteiger partial charge in [-0.15, -0.1) is 0 Å². The van der Waals surface area contributed by atoms with Crippen molar-refractivity contribution in [2.75, 3.05) is 25.2 Å². The Balaban J connectivity index is 2.08. The van der Waals surface area contributed by atoms with Gasteiger partial charge in [0.15, 0.2) is 0 Å². The van der Waals surface area contributed by atoms with Crippen molar-refractivity contribution in [3.8, 4) is 5.75 Å². The molecule has 0 aliphatic carbocycles. The molecule has 0 saturated heterocycles. The zero-order valence-electron chi connectivity index (χ0n) is 15.0. The van der Waals surface area contributed by atoms with Crippen LogP contribution in [0.4, 0.5) is 14.5 Å². The number of methoxy groups -OCH3 is 1. The summed E-state index contributed by atoms with van der Waals surface area (Å²) in [5.41, 5.74) is 0.263. The largest absolute Gasteiger partial charge is 0.471 e. The van der Waals surface area contributed by atoms with Crippen molar-refractivity contribution in [2.45, 2.75) is 25.9 Å². The van der Waals surface area contributed by atoms with Crippen LogP contribution in [0.3, 0.4) is 0 Å². The minimum Gasteiger partial charge on any atom is -0.471 e. The molecule has 1 atom stereocenters. The van der Waals surface area contributed by atoms with E-state index in [9.17, 15) is 13.6 Å². The highest BCUT2D eigenvalue weighted by Crippen LogP contribution is 2.42. The van der Waals surface area contributed by atoms with Crippen LogP contribution in [0.5, 0.6) is 5.75 Å². The van der Waals surface area contributed by atoms with Gasteiger partial charge in [0.25, 0.3) is 5.91 Å². The SMILES string of the molecule is COCCCN1C(=O)C(C)(c2cc(F)cc(F)c2)Oc2ccc(C)cc21. The topological polar surface area (TPSA) is 38.8 Å². The van der Waals surface area contributed by atoms with E-state index in [2.05, 4.69) is 0 Å². The Morgan fingerprint density at radius 3 is 2.50 bits per heavy atom. The number of halogens is 2. The molecule has 1 aliphatic heterocycles. The Labute approximate surface area is 151 Å². The Kier molecular flexibility index (Phi) is 4.96. The molecule has 0 saturated carbocycles. The summed E-state index contributed by atoms with van der Waals surface area (Å²) < 4.78 is 38.5. The van der Waals surface area contributed by atoms with Crippen molar-refractivity contribution < 1.29 is 23.0 Å². The van der Waals surface area contributed by atoms with E-state index in [1.54, 1.807) is 18.1 Å². The highest BCUT2D eigenvalue weighted by atomic mass is 19.1. The molecule has 26 heavy (non-hydrogen) atoms. The number of ether oxygens (including phenoxy) is 2. The fourth-order valence-corrected chi connectivity index (χ4v) is 3.16. The molecule has 3 rings (SSSR count). The first-order valence-electron chi connectivity index (χ1n) is 8.42. The van der Waals surface area contributed by atoms with Gasteiger partial charge in [0, 0.05) is 31.9 Å². The third-order valence-electron chi connectivity index (χ3n) is 4.52. The molecule has 0 spiro atoms. The predicted molar refractivity (Wildman–Crippen MR) is 94.4 cm³/mol. The number of amides is 1. The third-order valence-corrected chi connectivity index (χ3v) is 4.52. The number of carbonyl (C=O) groups excluding carboxylic acids is 1. The van der Waals surface area contributed by atoms with Crippen LogP contribution in [0.25, 0.3) is 0 Å². The highest BCUT2D eigenvalue weighted by Gasteiger charge is 2.46. The van der Waals surface area contributed by atoms with Crippen molar-refractivity contribution in [2.24, 2.45) is 0 Å². The van der Waals surface area contributed by atoms with Gasteiger partial charge >= 0.3 is 0 Å². The van der Waals surface area contributed by atoms with Gasteiger partial charge in [0.05, 0.1) is 5.69 Å². The summed E-state index contributed by atoms with van der Waals surface area (Å²) in [5, 5.41) is 0. The van der Waals surface area contributed by atoms with Gasteiger partial charge in [-0.1, -0.05) is 6.07 Å². The van der Waals surface area contributed by atoms with E-state index in [4.69, 9.17) is 9.47 Å². The van der Waals surface area contributed by atoms with Crippen LogP contribution in [-0.2, 0) is 15.1 Å². The quantitative estimate of drug-likeness (QED) is 0.757. The summed E-state index contributed by atoms with van der Waals surface area (Å²) >= 11 is 0. The van der Waals surface area contributed by atoms with E-state index < -0.39 is 17.2 Å². The van der Waals surface area contributed by atoms with Gasteiger partial charge < -0.3 is 14.4 Å². The smallest absolute Gasteiger partial charge is 0.275 e. The van der Waals surface area contributed by atoms with E-state index in [0.29, 0.717) is 31.0 Å². The number of hydrogen-bond acceptors (Lipinski definition) is 3. The third kappa shape index (κ3) is 3.29. The molecule has 2 aromatic rings. The molecular formula is C20H21F2NO3. The molecule has 4 nitrogen and oxygen atoms in total. The molecule has 6 heteroatoms. The maximum Gasteiger partial charge on any atom is 0.275 e. The van der Waals surface area contributed by atoms with Gasteiger partial charge in [-0.25, -0.2) is 8.78 Å². The summed E-state index contributed by atoms with van der Waals surface area (Å²) in [6.07, 6.45) is 0.628. The maximum absolute atomic E-state index is 13.7. The van der Waals surface area contributed by atoms with Crippen LogP contribution in [0.1, 0.15) is 24.5 Å². The second kappa shape index (κ2) is 7.03. The number of carbonyl (C=O) groups is 1. The van der Waals surface area contributed by atoms with Crippen molar-refractivity contribution in [3.05, 3.63) is 59.2 Å². The Bertz CT molecular complexity index is 820. The Morgan fingerprint density at radius 1 is 1.15 bits per heavy atom. The molecule has 1 unspecified atom stereocenters. The van der Waals surface area contributed by atoms with Gasteiger partial charge in [0.1, 0.15) is 17.4 Å². The number of aryl methyl sites for hydroxylation is 1. The minimum atomic E-state index is -1.52. The molecule has 0 bridgehead atoms. The summed E-state index contributed by atoms with van der Waals surface area (Å²) in [6, 6.07) is 8.55. The molecule has 1 aliphatic rings. The summed E-state index contributed by atoms with van der Waals surface area (Å²) in [7, 11) is 1.60. The second-order valence-electron chi connectivity index (χ2n) is 6.57. The van der Waals surface area contributed by atoms with Crippen molar-refractivity contribution in [1.29, 1.82) is 0 Å². The van der Waals surface area contributed by atoms with Crippen molar-refractivity contribution in [1.82, 2.24) is 0 Å². The van der Waals surface area contributed by atoms with Crippen LogP contribution in [0.15, 0.2) is 36.4 Å². The van der Waals surface area contributed by atoms with Gasteiger partial charge in [-0.05, 0) is 50.1 Å². The molecule has 1 heterocycles. The van der Waals surface area contributed by atoms with Crippen LogP contribution in [0.2, 0.25) is 0 Å². The fourth-order valence-electron chi connectivity index (χ4n) is 3.16. The van der Waals surface area contributed by atoms with Crippen molar-refractivity contribution >= 4 is 11.6 Å². The normalized spacial score (nSPS) is 19.3. The molecule has 138 valence electrons. The van der Waals surface area contributed by atoms with E-state index in [-0.39, 0.29) is 11.5 Å². The molecular weight excluding hydrogens is 340 g/mol. The average molecular weight is 361 g/mol. The van der Waals surface area contributed by atoms with Gasteiger partial charge in [0.2, 0.25) is 5.60 Å². The Hall–Kier alpha value is -2.47. The molecule has 0 fully saturated rings. The number of rotatable bonds is 5. The van der Waals surface area contributed by atoms with Crippen LogP contribution in [0, 0.1) is 18.6 Å². The summed E-state index contributed by atoms with van der Waals surface area (Å²) in [6.45, 7) is 4.38. The fraction of sp³-hybridized carbons (Fsp3) is 0.350. The number of hydrogen-bond donors (Lipinski definition) is 0. The lowest BCUT2D eigenvalue weighted by Gasteiger charge is -2.41. The second-order valence-corrected chi connectivity index (χ2v) is 6.57. The van der Waals surface area contributed by atoms with Crippen LogP contribution in [-0.4, -0.2) is 26.2 Å². The molecule has 1 amide bonds.